The van der Waals surface area contributed by atoms with Crippen LogP contribution in [0.4, 0.5) is 10.1 Å². The highest BCUT2D eigenvalue weighted by molar-refractivity contribution is 5.51. The first-order valence-electron chi connectivity index (χ1n) is 7.03. The van der Waals surface area contributed by atoms with E-state index in [1.54, 1.807) is 12.1 Å². The Morgan fingerprint density at radius 2 is 2.10 bits per heavy atom. The number of hydrogen-bond donors (Lipinski definition) is 1. The number of ether oxygens (including phenoxy) is 2. The highest BCUT2D eigenvalue weighted by Gasteiger charge is 2.15. The van der Waals surface area contributed by atoms with Gasteiger partial charge in [0.1, 0.15) is 5.75 Å². The van der Waals surface area contributed by atoms with Crippen LogP contribution in [-0.4, -0.2) is 13.7 Å². The average Bonchev–Trinajstić information content (AvgIpc) is 2.96. The molecule has 110 valence electrons. The third-order valence-corrected chi connectivity index (χ3v) is 3.75. The van der Waals surface area contributed by atoms with Gasteiger partial charge in [0.05, 0.1) is 13.7 Å². The van der Waals surface area contributed by atoms with E-state index in [2.05, 4.69) is 24.4 Å². The molecule has 1 unspecified atom stereocenters. The minimum Gasteiger partial charge on any atom is -0.494 e. The van der Waals surface area contributed by atoms with Crippen LogP contribution in [0, 0.1) is 5.82 Å². The van der Waals surface area contributed by atoms with Crippen LogP contribution >= 0.6 is 0 Å². The maximum absolute atomic E-state index is 13.4. The summed E-state index contributed by atoms with van der Waals surface area (Å²) in [5.41, 5.74) is 3.26. The molecule has 3 nitrogen and oxygen atoms in total. The van der Waals surface area contributed by atoms with Crippen molar-refractivity contribution in [3.05, 3.63) is 53.3 Å². The Labute approximate surface area is 123 Å². The number of nitrogens with one attached hydrogen (secondary N) is 1. The lowest BCUT2D eigenvalue weighted by Gasteiger charge is -2.17. The Morgan fingerprint density at radius 1 is 1.24 bits per heavy atom. The molecule has 1 heterocycles. The zero-order chi connectivity index (χ0) is 14.8. The molecule has 0 fully saturated rings. The molecular formula is C17H18FNO2. The molecule has 0 radical (unpaired) electrons. The van der Waals surface area contributed by atoms with E-state index in [1.165, 1.54) is 24.3 Å². The smallest absolute Gasteiger partial charge is 0.165 e. The summed E-state index contributed by atoms with van der Waals surface area (Å²) < 4.78 is 23.9. The van der Waals surface area contributed by atoms with Gasteiger partial charge in [-0.15, -0.1) is 0 Å². The van der Waals surface area contributed by atoms with Gasteiger partial charge in [-0.3, -0.25) is 0 Å². The van der Waals surface area contributed by atoms with E-state index < -0.39 is 0 Å². The van der Waals surface area contributed by atoms with Crippen molar-refractivity contribution in [3.8, 4) is 11.5 Å². The van der Waals surface area contributed by atoms with Crippen LogP contribution < -0.4 is 14.8 Å². The molecule has 2 aromatic carbocycles. The zero-order valence-electron chi connectivity index (χ0n) is 12.2. The third kappa shape index (κ3) is 2.79. The molecule has 0 saturated heterocycles. The van der Waals surface area contributed by atoms with E-state index in [0.717, 1.165) is 24.5 Å². The number of rotatable bonds is 4. The van der Waals surface area contributed by atoms with Gasteiger partial charge in [-0.25, -0.2) is 4.39 Å². The second kappa shape index (κ2) is 5.64. The van der Waals surface area contributed by atoms with Gasteiger partial charge < -0.3 is 14.8 Å². The van der Waals surface area contributed by atoms with Crippen molar-refractivity contribution in [3.63, 3.8) is 0 Å². The van der Waals surface area contributed by atoms with Crippen molar-refractivity contribution in [2.45, 2.75) is 19.4 Å². The van der Waals surface area contributed by atoms with Crippen LogP contribution in [0.15, 0.2) is 36.4 Å². The van der Waals surface area contributed by atoms with E-state index in [4.69, 9.17) is 9.47 Å². The summed E-state index contributed by atoms with van der Waals surface area (Å²) in [5.74, 6) is 0.870. The predicted molar refractivity (Wildman–Crippen MR) is 80.6 cm³/mol. The summed E-state index contributed by atoms with van der Waals surface area (Å²) in [4.78, 5) is 0. The molecule has 0 spiro atoms. The largest absolute Gasteiger partial charge is 0.494 e. The third-order valence-electron chi connectivity index (χ3n) is 3.75. The fourth-order valence-electron chi connectivity index (χ4n) is 2.56. The molecule has 0 aromatic heterocycles. The summed E-state index contributed by atoms with van der Waals surface area (Å²) in [6.07, 6.45) is 0.959. The Kier molecular flexibility index (Phi) is 3.69. The Balaban J connectivity index is 1.78. The van der Waals surface area contributed by atoms with E-state index in [9.17, 15) is 4.39 Å². The number of halogens is 1. The van der Waals surface area contributed by atoms with Crippen molar-refractivity contribution >= 4 is 5.69 Å². The normalized spacial score (nSPS) is 14.2. The molecule has 1 aliphatic rings. The highest BCUT2D eigenvalue weighted by atomic mass is 19.1. The molecule has 1 atom stereocenters. The van der Waals surface area contributed by atoms with Gasteiger partial charge in [0.25, 0.3) is 0 Å². The lowest BCUT2D eigenvalue weighted by molar-refractivity contribution is 0.357. The van der Waals surface area contributed by atoms with E-state index in [1.807, 2.05) is 6.07 Å². The van der Waals surface area contributed by atoms with E-state index in [0.29, 0.717) is 0 Å². The average molecular weight is 287 g/mol. The van der Waals surface area contributed by atoms with Gasteiger partial charge >= 0.3 is 0 Å². The highest BCUT2D eigenvalue weighted by Crippen LogP contribution is 2.30. The maximum atomic E-state index is 13.4. The topological polar surface area (TPSA) is 30.5 Å². The van der Waals surface area contributed by atoms with Gasteiger partial charge in [-0.05, 0) is 42.3 Å². The zero-order valence-corrected chi connectivity index (χ0v) is 12.2. The van der Waals surface area contributed by atoms with Crippen LogP contribution in [0.25, 0.3) is 0 Å². The van der Waals surface area contributed by atoms with Crippen molar-refractivity contribution in [1.29, 1.82) is 0 Å². The molecule has 0 saturated carbocycles. The Morgan fingerprint density at radius 3 is 2.90 bits per heavy atom. The van der Waals surface area contributed by atoms with Crippen molar-refractivity contribution in [1.82, 2.24) is 0 Å². The molecule has 3 rings (SSSR count). The molecule has 0 amide bonds. The molecule has 21 heavy (non-hydrogen) atoms. The first-order valence-corrected chi connectivity index (χ1v) is 7.03. The van der Waals surface area contributed by atoms with Crippen LogP contribution in [-0.2, 0) is 6.42 Å². The standard InChI is InChI=1S/C17H18FNO2/c1-11(12-3-6-16-13(9-12)7-8-21-16)19-14-4-5-15(18)17(10-14)20-2/h3-6,9-11,19H,7-8H2,1-2H3. The summed E-state index contributed by atoms with van der Waals surface area (Å²) in [5, 5.41) is 3.36. The summed E-state index contributed by atoms with van der Waals surface area (Å²) in [6.45, 7) is 2.84. The van der Waals surface area contributed by atoms with E-state index >= 15 is 0 Å². The fraction of sp³-hybridized carbons (Fsp3) is 0.294. The Bertz CT molecular complexity index is 657. The van der Waals surface area contributed by atoms with Crippen LogP contribution in [0.3, 0.4) is 0 Å². The van der Waals surface area contributed by atoms with Gasteiger partial charge in [0.15, 0.2) is 11.6 Å². The summed E-state index contributed by atoms with van der Waals surface area (Å²) in [7, 11) is 1.46. The number of hydrogen-bond acceptors (Lipinski definition) is 3. The molecule has 0 aliphatic carbocycles. The summed E-state index contributed by atoms with van der Waals surface area (Å²) in [6, 6.07) is 11.1. The van der Waals surface area contributed by atoms with E-state index in [-0.39, 0.29) is 17.6 Å². The Hall–Kier alpha value is -2.23. The first kappa shape index (κ1) is 13.7. The number of fused-ring (bicyclic) bond motifs is 1. The number of benzene rings is 2. The molecule has 4 heteroatoms. The van der Waals surface area contributed by atoms with Crippen molar-refractivity contribution in [2.24, 2.45) is 0 Å². The predicted octanol–water partition coefficient (Wildman–Crippen LogP) is 3.94. The fourth-order valence-corrected chi connectivity index (χ4v) is 2.56. The molecule has 0 bridgehead atoms. The minimum atomic E-state index is -0.356. The lowest BCUT2D eigenvalue weighted by atomic mass is 10.0. The van der Waals surface area contributed by atoms with Gasteiger partial charge in [-0.1, -0.05) is 6.07 Å². The quantitative estimate of drug-likeness (QED) is 0.924. The molecule has 2 aromatic rings. The molecule has 1 N–H and O–H groups in total. The van der Waals surface area contributed by atoms with Crippen molar-refractivity contribution in [2.75, 3.05) is 19.0 Å². The molecular weight excluding hydrogens is 269 g/mol. The second-order valence-electron chi connectivity index (χ2n) is 5.18. The van der Waals surface area contributed by atoms with Crippen LogP contribution in [0.5, 0.6) is 11.5 Å². The van der Waals surface area contributed by atoms with Crippen LogP contribution in [0.2, 0.25) is 0 Å². The van der Waals surface area contributed by atoms with Crippen molar-refractivity contribution < 1.29 is 13.9 Å². The monoisotopic (exact) mass is 287 g/mol. The maximum Gasteiger partial charge on any atom is 0.165 e. The first-order chi connectivity index (χ1) is 10.2. The molecule has 1 aliphatic heterocycles. The lowest BCUT2D eigenvalue weighted by Crippen LogP contribution is -2.07. The second-order valence-corrected chi connectivity index (χ2v) is 5.18. The van der Waals surface area contributed by atoms with Gasteiger partial charge in [0.2, 0.25) is 0 Å². The van der Waals surface area contributed by atoms with Gasteiger partial charge in [-0.2, -0.15) is 0 Å². The SMILES string of the molecule is COc1cc(NC(C)c2ccc3c(c2)CCO3)ccc1F. The number of methoxy groups -OCH3 is 1. The minimum absolute atomic E-state index is 0.117. The number of anilines is 1. The van der Waals surface area contributed by atoms with Crippen LogP contribution in [0.1, 0.15) is 24.1 Å². The van der Waals surface area contributed by atoms with Gasteiger partial charge in [0, 0.05) is 24.2 Å². The summed E-state index contributed by atoms with van der Waals surface area (Å²) >= 11 is 0.